The number of nitrogens with two attached hydrogens (primary N) is 2. The second kappa shape index (κ2) is 4.57. The summed E-state index contributed by atoms with van der Waals surface area (Å²) in [4.78, 5) is 0. The molecule has 0 aromatic heterocycles. The van der Waals surface area contributed by atoms with Crippen molar-refractivity contribution >= 4 is 5.69 Å². The molecule has 3 heteroatoms. The predicted octanol–water partition coefficient (Wildman–Crippen LogP) is 0.858. The maximum atomic E-state index is 8.98. The van der Waals surface area contributed by atoms with Crippen molar-refractivity contribution in [2.75, 3.05) is 12.8 Å². The molecule has 0 saturated carbocycles. The Morgan fingerprint density at radius 2 is 1.82 bits per heavy atom. The summed E-state index contributed by atoms with van der Waals surface area (Å²) in [7, 11) is 1.50. The summed E-state index contributed by atoms with van der Waals surface area (Å²) in [6, 6.07) is 5.18. The lowest BCUT2D eigenvalue weighted by Gasteiger charge is -1.97. The molecule has 5 N–H and O–H groups in total. The zero-order valence-electron chi connectivity index (χ0n) is 6.83. The second-order valence-electron chi connectivity index (χ2n) is 2.06. The average molecular weight is 154 g/mol. The lowest BCUT2D eigenvalue weighted by Crippen LogP contribution is -1.84. The van der Waals surface area contributed by atoms with Gasteiger partial charge in [0.25, 0.3) is 0 Å². The van der Waals surface area contributed by atoms with Crippen molar-refractivity contribution in [2.45, 2.75) is 6.92 Å². The van der Waals surface area contributed by atoms with Crippen LogP contribution in [0.15, 0.2) is 18.2 Å². The van der Waals surface area contributed by atoms with E-state index >= 15 is 0 Å². The van der Waals surface area contributed by atoms with Crippen molar-refractivity contribution in [1.29, 1.82) is 0 Å². The van der Waals surface area contributed by atoms with Crippen LogP contribution < -0.4 is 11.5 Å². The Kier molecular flexibility index (Phi) is 4.07. The van der Waals surface area contributed by atoms with E-state index in [9.17, 15) is 0 Å². The fraction of sp³-hybridized carbons (Fsp3) is 0.250. The number of aromatic hydroxyl groups is 1. The lowest BCUT2D eigenvalue weighted by atomic mass is 10.2. The van der Waals surface area contributed by atoms with Gasteiger partial charge in [-0.1, -0.05) is 6.07 Å². The van der Waals surface area contributed by atoms with E-state index in [2.05, 4.69) is 5.73 Å². The van der Waals surface area contributed by atoms with Gasteiger partial charge >= 0.3 is 0 Å². The zero-order valence-corrected chi connectivity index (χ0v) is 6.83. The Bertz CT molecular complexity index is 223. The molecule has 0 aliphatic rings. The van der Waals surface area contributed by atoms with E-state index in [1.165, 1.54) is 7.05 Å². The van der Waals surface area contributed by atoms with E-state index in [1.54, 1.807) is 12.1 Å². The Morgan fingerprint density at radius 1 is 1.27 bits per heavy atom. The summed E-state index contributed by atoms with van der Waals surface area (Å²) >= 11 is 0. The molecular formula is C8H14N2O. The first-order chi connectivity index (χ1) is 5.20. The standard InChI is InChI=1S/C7H9NO.CH5N/c1-5-2-3-6(8)7(9)4-5;1-2/h2-4,9H,8H2,1H3;2H2,1H3. The van der Waals surface area contributed by atoms with Crippen LogP contribution in [0.5, 0.6) is 5.75 Å². The first kappa shape index (κ1) is 9.78. The molecular weight excluding hydrogens is 140 g/mol. The quantitative estimate of drug-likeness (QED) is 0.383. The molecule has 0 heterocycles. The number of benzene rings is 1. The van der Waals surface area contributed by atoms with Crippen molar-refractivity contribution in [2.24, 2.45) is 5.73 Å². The van der Waals surface area contributed by atoms with Crippen LogP contribution in [0.25, 0.3) is 0 Å². The fourth-order valence-corrected chi connectivity index (χ4v) is 0.654. The summed E-state index contributed by atoms with van der Waals surface area (Å²) in [6.45, 7) is 1.90. The third kappa shape index (κ3) is 2.91. The van der Waals surface area contributed by atoms with Crippen molar-refractivity contribution < 1.29 is 5.11 Å². The van der Waals surface area contributed by atoms with Gasteiger partial charge in [0.1, 0.15) is 5.75 Å². The first-order valence-corrected chi connectivity index (χ1v) is 3.33. The van der Waals surface area contributed by atoms with Crippen molar-refractivity contribution in [1.82, 2.24) is 0 Å². The van der Waals surface area contributed by atoms with Crippen LogP contribution in [-0.4, -0.2) is 12.2 Å². The number of nitrogen functional groups attached to an aromatic ring is 1. The number of phenols is 1. The molecule has 1 aromatic carbocycles. The van der Waals surface area contributed by atoms with E-state index in [1.807, 2.05) is 13.0 Å². The highest BCUT2D eigenvalue weighted by Crippen LogP contribution is 2.19. The minimum absolute atomic E-state index is 0.162. The van der Waals surface area contributed by atoms with Gasteiger partial charge in [-0.15, -0.1) is 0 Å². The van der Waals surface area contributed by atoms with Gasteiger partial charge < -0.3 is 16.6 Å². The van der Waals surface area contributed by atoms with Crippen molar-refractivity contribution in [3.05, 3.63) is 23.8 Å². The predicted molar refractivity (Wildman–Crippen MR) is 47.4 cm³/mol. The monoisotopic (exact) mass is 154 g/mol. The molecule has 0 amide bonds. The van der Waals surface area contributed by atoms with Gasteiger partial charge in [-0.05, 0) is 31.7 Å². The molecule has 0 bridgehead atoms. The summed E-state index contributed by atoms with van der Waals surface area (Å²) in [5.74, 6) is 0.162. The highest BCUT2D eigenvalue weighted by Gasteiger charge is 1.92. The molecule has 0 unspecified atom stereocenters. The summed E-state index contributed by atoms with van der Waals surface area (Å²) in [6.07, 6.45) is 0. The Morgan fingerprint density at radius 3 is 2.18 bits per heavy atom. The Labute approximate surface area is 66.6 Å². The average Bonchev–Trinajstić information content (AvgIpc) is 2.02. The van der Waals surface area contributed by atoms with Gasteiger partial charge in [-0.3, -0.25) is 0 Å². The van der Waals surface area contributed by atoms with Crippen LogP contribution in [0.1, 0.15) is 5.56 Å². The van der Waals surface area contributed by atoms with E-state index < -0.39 is 0 Å². The third-order valence-electron chi connectivity index (χ3n) is 1.19. The number of phenolic OH excluding ortho intramolecular Hbond substituents is 1. The lowest BCUT2D eigenvalue weighted by molar-refractivity contribution is 0.477. The second-order valence-corrected chi connectivity index (χ2v) is 2.06. The summed E-state index contributed by atoms with van der Waals surface area (Å²) in [5, 5.41) is 8.98. The topological polar surface area (TPSA) is 72.3 Å². The number of hydrogen-bond donors (Lipinski definition) is 3. The largest absolute Gasteiger partial charge is 0.506 e. The first-order valence-electron chi connectivity index (χ1n) is 3.33. The highest BCUT2D eigenvalue weighted by molar-refractivity contribution is 5.52. The van der Waals surface area contributed by atoms with Crippen LogP contribution in [0.4, 0.5) is 5.69 Å². The number of rotatable bonds is 0. The molecule has 11 heavy (non-hydrogen) atoms. The van der Waals surface area contributed by atoms with Gasteiger partial charge in [0.15, 0.2) is 0 Å². The minimum atomic E-state index is 0.162. The normalized spacial score (nSPS) is 8.27. The third-order valence-corrected chi connectivity index (χ3v) is 1.19. The molecule has 0 spiro atoms. The molecule has 0 saturated heterocycles. The van der Waals surface area contributed by atoms with Gasteiger partial charge in [0.2, 0.25) is 0 Å². The molecule has 0 atom stereocenters. The number of aryl methyl sites for hydroxylation is 1. The maximum absolute atomic E-state index is 8.98. The highest BCUT2D eigenvalue weighted by atomic mass is 16.3. The van der Waals surface area contributed by atoms with Crippen LogP contribution in [0.2, 0.25) is 0 Å². The van der Waals surface area contributed by atoms with Gasteiger partial charge in [-0.2, -0.15) is 0 Å². The molecule has 0 fully saturated rings. The van der Waals surface area contributed by atoms with Crippen LogP contribution in [-0.2, 0) is 0 Å². The van der Waals surface area contributed by atoms with Gasteiger partial charge in [-0.25, -0.2) is 0 Å². The van der Waals surface area contributed by atoms with E-state index in [-0.39, 0.29) is 5.75 Å². The minimum Gasteiger partial charge on any atom is -0.506 e. The molecule has 62 valence electrons. The van der Waals surface area contributed by atoms with Crippen molar-refractivity contribution in [3.63, 3.8) is 0 Å². The summed E-state index contributed by atoms with van der Waals surface area (Å²) in [5.41, 5.74) is 11.3. The Hall–Kier alpha value is -1.22. The molecule has 1 rings (SSSR count). The van der Waals surface area contributed by atoms with Gasteiger partial charge in [0.05, 0.1) is 5.69 Å². The van der Waals surface area contributed by atoms with E-state index in [0.29, 0.717) is 5.69 Å². The Balaban J connectivity index is 0.000000461. The molecule has 0 aliphatic heterocycles. The van der Waals surface area contributed by atoms with E-state index in [0.717, 1.165) is 5.56 Å². The fourth-order valence-electron chi connectivity index (χ4n) is 0.654. The zero-order chi connectivity index (χ0) is 8.85. The van der Waals surface area contributed by atoms with Gasteiger partial charge in [0, 0.05) is 0 Å². The molecule has 3 nitrogen and oxygen atoms in total. The van der Waals surface area contributed by atoms with E-state index in [4.69, 9.17) is 10.8 Å². The number of hydrogen-bond acceptors (Lipinski definition) is 3. The number of anilines is 1. The van der Waals surface area contributed by atoms with Crippen molar-refractivity contribution in [3.8, 4) is 5.75 Å². The smallest absolute Gasteiger partial charge is 0.138 e. The maximum Gasteiger partial charge on any atom is 0.138 e. The van der Waals surface area contributed by atoms with Crippen LogP contribution >= 0.6 is 0 Å². The molecule has 0 radical (unpaired) electrons. The summed E-state index contributed by atoms with van der Waals surface area (Å²) < 4.78 is 0. The van der Waals surface area contributed by atoms with Crippen LogP contribution in [0.3, 0.4) is 0 Å². The molecule has 0 aliphatic carbocycles. The van der Waals surface area contributed by atoms with Crippen LogP contribution in [0, 0.1) is 6.92 Å². The SMILES string of the molecule is CN.Cc1ccc(N)c(O)c1. The molecule has 1 aromatic rings.